The molecule has 2 amide bonds. The Morgan fingerprint density at radius 2 is 0.936 bits per heavy atom. The molecule has 2 aromatic heterocycles. The summed E-state index contributed by atoms with van der Waals surface area (Å²) < 4.78 is 0. The monoisotopic (exact) mass is 620 g/mol. The summed E-state index contributed by atoms with van der Waals surface area (Å²) in [6, 6.07) is 35.8. The molecule has 0 radical (unpaired) electrons. The highest BCUT2D eigenvalue weighted by molar-refractivity contribution is 6.08. The summed E-state index contributed by atoms with van der Waals surface area (Å²) in [6.07, 6.45) is 4.85. The van der Waals surface area contributed by atoms with E-state index in [1.165, 1.54) is 0 Å². The fourth-order valence-electron chi connectivity index (χ4n) is 6.01. The fourth-order valence-corrected chi connectivity index (χ4v) is 6.01. The van der Waals surface area contributed by atoms with Crippen LogP contribution in [0, 0.1) is 13.8 Å². The third-order valence-corrected chi connectivity index (χ3v) is 8.47. The number of carbonyl (C=O) groups is 2. The van der Waals surface area contributed by atoms with Crippen LogP contribution in [0.5, 0.6) is 0 Å². The third kappa shape index (κ3) is 7.72. The number of para-hydroxylation sites is 2. The number of rotatable bonds is 12. The standard InChI is InChI=1S/C41H40N4O2/c1-28-14-12-16-30(24-28)38-26-34(32-18-6-8-20-36(32)44-38)40(46)42-22-10-4-3-5-11-23-43-41(47)35-27-39(31-17-13-15-29(2)25-31)45-37-21-9-7-19-33(35)37/h6-9,12-21,24-27H,3-5,10-11,22-23H2,1-2H3,(H,42,46)(H,43,47). The van der Waals surface area contributed by atoms with Crippen LogP contribution in [0.4, 0.5) is 0 Å². The Morgan fingerprint density at radius 3 is 1.38 bits per heavy atom. The maximum absolute atomic E-state index is 13.3. The van der Waals surface area contributed by atoms with Crippen molar-refractivity contribution in [1.29, 1.82) is 0 Å². The first-order chi connectivity index (χ1) is 23.0. The Bertz CT molecular complexity index is 1910. The topological polar surface area (TPSA) is 84.0 Å². The molecular weight excluding hydrogens is 580 g/mol. The molecule has 6 nitrogen and oxygen atoms in total. The number of aromatic nitrogens is 2. The zero-order valence-corrected chi connectivity index (χ0v) is 27.1. The minimum absolute atomic E-state index is 0.0746. The minimum Gasteiger partial charge on any atom is -0.352 e. The lowest BCUT2D eigenvalue weighted by Crippen LogP contribution is -2.25. The molecule has 2 N–H and O–H groups in total. The van der Waals surface area contributed by atoms with E-state index in [4.69, 9.17) is 9.97 Å². The summed E-state index contributed by atoms with van der Waals surface area (Å²) in [5.74, 6) is -0.149. The molecule has 6 rings (SSSR count). The average Bonchev–Trinajstić information content (AvgIpc) is 3.09. The molecule has 0 aliphatic carbocycles. The molecule has 6 aromatic rings. The van der Waals surface area contributed by atoms with Gasteiger partial charge in [0, 0.05) is 35.0 Å². The molecule has 0 spiro atoms. The number of pyridine rings is 2. The highest BCUT2D eigenvalue weighted by Crippen LogP contribution is 2.27. The van der Waals surface area contributed by atoms with E-state index in [9.17, 15) is 9.59 Å². The second-order valence-corrected chi connectivity index (χ2v) is 12.2. The number of benzene rings is 4. The van der Waals surface area contributed by atoms with E-state index >= 15 is 0 Å². The van der Waals surface area contributed by atoms with Gasteiger partial charge in [0.1, 0.15) is 0 Å². The second-order valence-electron chi connectivity index (χ2n) is 12.2. The van der Waals surface area contributed by atoms with Crippen LogP contribution in [0.3, 0.4) is 0 Å². The molecule has 0 fully saturated rings. The van der Waals surface area contributed by atoms with E-state index < -0.39 is 0 Å². The van der Waals surface area contributed by atoms with Crippen LogP contribution < -0.4 is 10.6 Å². The van der Waals surface area contributed by atoms with Gasteiger partial charge in [0.25, 0.3) is 11.8 Å². The Balaban J connectivity index is 0.972. The van der Waals surface area contributed by atoms with E-state index in [0.717, 1.165) is 87.6 Å². The van der Waals surface area contributed by atoms with E-state index in [2.05, 4.69) is 48.7 Å². The molecule has 0 saturated heterocycles. The molecular formula is C41H40N4O2. The van der Waals surface area contributed by atoms with Crippen molar-refractivity contribution >= 4 is 33.6 Å². The lowest BCUT2D eigenvalue weighted by Gasteiger charge is -2.11. The number of hydrogen-bond acceptors (Lipinski definition) is 4. The summed E-state index contributed by atoms with van der Waals surface area (Å²) in [5.41, 5.74) is 8.83. The van der Waals surface area contributed by atoms with Crippen molar-refractivity contribution in [2.24, 2.45) is 0 Å². The van der Waals surface area contributed by atoms with Crippen LogP contribution >= 0.6 is 0 Å². The number of nitrogens with zero attached hydrogens (tertiary/aromatic N) is 2. The zero-order valence-electron chi connectivity index (χ0n) is 27.1. The van der Waals surface area contributed by atoms with Crippen molar-refractivity contribution in [3.8, 4) is 22.5 Å². The second kappa shape index (κ2) is 14.8. The van der Waals surface area contributed by atoms with Gasteiger partial charge in [0.2, 0.25) is 0 Å². The van der Waals surface area contributed by atoms with E-state index in [0.29, 0.717) is 24.2 Å². The summed E-state index contributed by atoms with van der Waals surface area (Å²) in [5, 5.41) is 7.96. The van der Waals surface area contributed by atoms with Gasteiger partial charge < -0.3 is 10.6 Å². The van der Waals surface area contributed by atoms with Crippen LogP contribution in [0.25, 0.3) is 44.3 Å². The molecule has 0 aliphatic rings. The first kappa shape index (κ1) is 31.6. The molecule has 236 valence electrons. The average molecular weight is 621 g/mol. The Morgan fingerprint density at radius 1 is 0.511 bits per heavy atom. The molecule has 47 heavy (non-hydrogen) atoms. The van der Waals surface area contributed by atoms with Gasteiger partial charge in [-0.1, -0.05) is 103 Å². The molecule has 0 bridgehead atoms. The molecule has 0 saturated carbocycles. The highest BCUT2D eigenvalue weighted by Gasteiger charge is 2.15. The van der Waals surface area contributed by atoms with Gasteiger partial charge in [-0.3, -0.25) is 9.59 Å². The van der Waals surface area contributed by atoms with Gasteiger partial charge >= 0.3 is 0 Å². The van der Waals surface area contributed by atoms with E-state index in [1.54, 1.807) is 0 Å². The largest absolute Gasteiger partial charge is 0.352 e. The molecule has 2 heterocycles. The number of aryl methyl sites for hydroxylation is 2. The Hall–Kier alpha value is -5.36. The van der Waals surface area contributed by atoms with Gasteiger partial charge in [-0.25, -0.2) is 9.97 Å². The van der Waals surface area contributed by atoms with Gasteiger partial charge in [-0.2, -0.15) is 0 Å². The number of hydrogen-bond donors (Lipinski definition) is 2. The van der Waals surface area contributed by atoms with Crippen LogP contribution in [-0.2, 0) is 0 Å². The number of fused-ring (bicyclic) bond motifs is 2. The maximum Gasteiger partial charge on any atom is 0.252 e. The summed E-state index contributed by atoms with van der Waals surface area (Å²) in [6.45, 7) is 5.34. The highest BCUT2D eigenvalue weighted by atomic mass is 16.2. The Labute approximate surface area is 276 Å². The minimum atomic E-state index is -0.0746. The van der Waals surface area contributed by atoms with Crippen molar-refractivity contribution in [2.45, 2.75) is 46.0 Å². The van der Waals surface area contributed by atoms with Crippen LogP contribution in [0.1, 0.15) is 63.9 Å². The van der Waals surface area contributed by atoms with Crippen molar-refractivity contribution in [3.63, 3.8) is 0 Å². The summed E-state index contributed by atoms with van der Waals surface area (Å²) in [7, 11) is 0. The Kier molecular flexibility index (Phi) is 9.97. The smallest absolute Gasteiger partial charge is 0.252 e. The van der Waals surface area contributed by atoms with Crippen LogP contribution in [0.15, 0.2) is 109 Å². The van der Waals surface area contributed by atoms with Crippen molar-refractivity contribution in [2.75, 3.05) is 13.1 Å². The SMILES string of the molecule is Cc1cccc(-c2cc(C(=O)NCCCCCCCNC(=O)c3cc(-c4cccc(C)c4)nc4ccccc34)c3ccccc3n2)c1. The molecule has 4 aromatic carbocycles. The summed E-state index contributed by atoms with van der Waals surface area (Å²) >= 11 is 0. The maximum atomic E-state index is 13.3. The molecule has 0 atom stereocenters. The van der Waals surface area contributed by atoms with E-state index in [1.807, 2.05) is 84.9 Å². The zero-order chi connectivity index (χ0) is 32.6. The number of carbonyl (C=O) groups excluding carboxylic acids is 2. The first-order valence-electron chi connectivity index (χ1n) is 16.5. The van der Waals surface area contributed by atoms with Gasteiger partial charge in [-0.15, -0.1) is 0 Å². The first-order valence-corrected chi connectivity index (χ1v) is 16.5. The summed E-state index contributed by atoms with van der Waals surface area (Å²) in [4.78, 5) is 36.2. The predicted molar refractivity (Wildman–Crippen MR) is 192 cm³/mol. The van der Waals surface area contributed by atoms with Crippen LogP contribution in [-0.4, -0.2) is 34.9 Å². The molecule has 6 heteroatoms. The van der Waals surface area contributed by atoms with Crippen molar-refractivity contribution in [3.05, 3.63) is 131 Å². The van der Waals surface area contributed by atoms with Crippen molar-refractivity contribution in [1.82, 2.24) is 20.6 Å². The third-order valence-electron chi connectivity index (χ3n) is 8.47. The lowest BCUT2D eigenvalue weighted by molar-refractivity contribution is 0.0947. The molecule has 0 unspecified atom stereocenters. The number of nitrogens with one attached hydrogen (secondary N) is 2. The van der Waals surface area contributed by atoms with Gasteiger partial charge in [0.05, 0.1) is 33.5 Å². The van der Waals surface area contributed by atoms with Gasteiger partial charge in [-0.05, 0) is 63.1 Å². The predicted octanol–water partition coefficient (Wildman–Crippen LogP) is 8.84. The number of amides is 2. The number of unbranched alkanes of at least 4 members (excludes halogenated alkanes) is 4. The lowest BCUT2D eigenvalue weighted by atomic mass is 10.0. The fraction of sp³-hybridized carbons (Fsp3) is 0.220. The van der Waals surface area contributed by atoms with Crippen molar-refractivity contribution < 1.29 is 9.59 Å². The quantitative estimate of drug-likeness (QED) is 0.134. The van der Waals surface area contributed by atoms with E-state index in [-0.39, 0.29) is 11.8 Å². The molecule has 0 aliphatic heterocycles. The van der Waals surface area contributed by atoms with Gasteiger partial charge in [0.15, 0.2) is 0 Å². The normalized spacial score (nSPS) is 11.1. The van der Waals surface area contributed by atoms with Crippen LogP contribution in [0.2, 0.25) is 0 Å².